The number of nitrogens with two attached hydrogens (primary N) is 1. The fourth-order valence-electron chi connectivity index (χ4n) is 2.95. The minimum absolute atomic E-state index is 0.548. The summed E-state index contributed by atoms with van der Waals surface area (Å²) in [6, 6.07) is 6.08. The number of nitrogens with zero attached hydrogens (tertiary/aromatic N) is 1. The molecule has 1 aliphatic heterocycles. The molecule has 2 N–H and O–H groups in total. The first-order valence-electron chi connectivity index (χ1n) is 6.85. The molecular formula is C15H23BrN2. The summed E-state index contributed by atoms with van der Waals surface area (Å²) < 4.78 is 1.17. The van der Waals surface area contributed by atoms with E-state index in [-0.39, 0.29) is 0 Å². The van der Waals surface area contributed by atoms with Gasteiger partial charge in [-0.1, -0.05) is 29.8 Å². The molecule has 0 aromatic heterocycles. The quantitative estimate of drug-likeness (QED) is 0.850. The molecule has 2 rings (SSSR count). The first kappa shape index (κ1) is 13.9. The van der Waals surface area contributed by atoms with Gasteiger partial charge in [0.25, 0.3) is 0 Å². The van der Waals surface area contributed by atoms with E-state index in [4.69, 9.17) is 5.73 Å². The van der Waals surface area contributed by atoms with E-state index < -0.39 is 0 Å². The van der Waals surface area contributed by atoms with Crippen LogP contribution in [0.2, 0.25) is 0 Å². The van der Waals surface area contributed by atoms with Crippen LogP contribution in [0.15, 0.2) is 22.7 Å². The molecule has 100 valence electrons. The Morgan fingerprint density at radius 2 is 2.06 bits per heavy atom. The lowest BCUT2D eigenvalue weighted by atomic mass is 9.82. The van der Waals surface area contributed by atoms with Gasteiger partial charge >= 0.3 is 0 Å². The second kappa shape index (κ2) is 5.62. The lowest BCUT2D eigenvalue weighted by Crippen LogP contribution is -2.26. The van der Waals surface area contributed by atoms with Crippen molar-refractivity contribution in [2.45, 2.75) is 39.7 Å². The summed E-state index contributed by atoms with van der Waals surface area (Å²) in [5, 5.41) is 0. The summed E-state index contributed by atoms with van der Waals surface area (Å²) in [7, 11) is 0. The smallest absolute Gasteiger partial charge is 0.0318 e. The average Bonchev–Trinajstić information content (AvgIpc) is 2.78. The zero-order valence-corrected chi connectivity index (χ0v) is 13.0. The van der Waals surface area contributed by atoms with E-state index in [0.717, 1.165) is 12.2 Å². The van der Waals surface area contributed by atoms with Crippen molar-refractivity contribution in [1.82, 2.24) is 4.90 Å². The van der Waals surface area contributed by atoms with Gasteiger partial charge < -0.3 is 5.73 Å². The molecule has 0 unspecified atom stereocenters. The Morgan fingerprint density at radius 1 is 1.33 bits per heavy atom. The lowest BCUT2D eigenvalue weighted by Gasteiger charge is -2.26. The third-order valence-corrected chi connectivity index (χ3v) is 5.25. The van der Waals surface area contributed by atoms with E-state index >= 15 is 0 Å². The molecule has 0 bridgehead atoms. The van der Waals surface area contributed by atoms with E-state index in [1.807, 2.05) is 12.1 Å². The topological polar surface area (TPSA) is 29.3 Å². The zero-order chi connectivity index (χ0) is 13.2. The number of hydrogen-bond donors (Lipinski definition) is 1. The molecule has 2 nitrogen and oxygen atoms in total. The van der Waals surface area contributed by atoms with Crippen molar-refractivity contribution in [3.63, 3.8) is 0 Å². The molecule has 1 heterocycles. The number of hydrogen-bond acceptors (Lipinski definition) is 2. The van der Waals surface area contributed by atoms with Crippen molar-refractivity contribution in [3.8, 4) is 0 Å². The SMILES string of the molecule is CCC1(CC)CCN(Cc2cc(N)ccc2Br)C1. The fourth-order valence-corrected chi connectivity index (χ4v) is 3.32. The Hall–Kier alpha value is -0.540. The standard InChI is InChI=1S/C15H23BrN2/c1-3-15(4-2)7-8-18(11-15)10-12-9-13(17)5-6-14(12)16/h5-6,9H,3-4,7-8,10-11,17H2,1-2H3. The molecule has 0 amide bonds. The van der Waals surface area contributed by atoms with Crippen LogP contribution < -0.4 is 5.73 Å². The van der Waals surface area contributed by atoms with Crippen LogP contribution in [0.25, 0.3) is 0 Å². The Labute approximate surface area is 119 Å². The van der Waals surface area contributed by atoms with Gasteiger partial charge in [-0.3, -0.25) is 4.90 Å². The summed E-state index contributed by atoms with van der Waals surface area (Å²) in [5.41, 5.74) is 8.57. The van der Waals surface area contributed by atoms with E-state index in [2.05, 4.69) is 40.7 Å². The van der Waals surface area contributed by atoms with Crippen molar-refractivity contribution in [2.24, 2.45) is 5.41 Å². The first-order valence-corrected chi connectivity index (χ1v) is 7.64. The van der Waals surface area contributed by atoms with Crippen molar-refractivity contribution in [1.29, 1.82) is 0 Å². The van der Waals surface area contributed by atoms with Gasteiger partial charge in [0.15, 0.2) is 0 Å². The van der Waals surface area contributed by atoms with Gasteiger partial charge in [-0.05, 0) is 55.0 Å². The van der Waals surface area contributed by atoms with Crippen LogP contribution in [-0.2, 0) is 6.54 Å². The number of halogens is 1. The van der Waals surface area contributed by atoms with Crippen LogP contribution in [0.5, 0.6) is 0 Å². The number of benzene rings is 1. The lowest BCUT2D eigenvalue weighted by molar-refractivity contribution is 0.236. The van der Waals surface area contributed by atoms with Gasteiger partial charge in [0.05, 0.1) is 0 Å². The summed E-state index contributed by atoms with van der Waals surface area (Å²) in [6.45, 7) is 8.09. The van der Waals surface area contributed by atoms with Crippen molar-refractivity contribution >= 4 is 21.6 Å². The molecule has 1 saturated heterocycles. The normalized spacial score (nSPS) is 19.3. The van der Waals surface area contributed by atoms with Gasteiger partial charge in [-0.15, -0.1) is 0 Å². The number of likely N-dealkylation sites (tertiary alicyclic amines) is 1. The van der Waals surface area contributed by atoms with E-state index in [0.29, 0.717) is 5.41 Å². The van der Waals surface area contributed by atoms with Crippen LogP contribution in [0.4, 0.5) is 5.69 Å². The van der Waals surface area contributed by atoms with Gasteiger partial charge in [0.2, 0.25) is 0 Å². The highest BCUT2D eigenvalue weighted by Gasteiger charge is 2.34. The van der Waals surface area contributed by atoms with Crippen LogP contribution in [0.1, 0.15) is 38.7 Å². The highest BCUT2D eigenvalue weighted by atomic mass is 79.9. The van der Waals surface area contributed by atoms with E-state index in [1.165, 1.54) is 42.4 Å². The van der Waals surface area contributed by atoms with Gasteiger partial charge in [-0.2, -0.15) is 0 Å². The minimum atomic E-state index is 0.548. The van der Waals surface area contributed by atoms with Crippen LogP contribution in [0.3, 0.4) is 0 Å². The molecule has 0 spiro atoms. The van der Waals surface area contributed by atoms with E-state index in [9.17, 15) is 0 Å². The average molecular weight is 311 g/mol. The molecule has 3 heteroatoms. The molecule has 0 atom stereocenters. The van der Waals surface area contributed by atoms with Gasteiger partial charge in [0, 0.05) is 23.2 Å². The van der Waals surface area contributed by atoms with E-state index in [1.54, 1.807) is 0 Å². The van der Waals surface area contributed by atoms with Crippen molar-refractivity contribution in [3.05, 3.63) is 28.2 Å². The molecule has 1 aromatic carbocycles. The maximum absolute atomic E-state index is 5.87. The van der Waals surface area contributed by atoms with Crippen LogP contribution >= 0.6 is 15.9 Å². The zero-order valence-electron chi connectivity index (χ0n) is 11.4. The summed E-state index contributed by atoms with van der Waals surface area (Å²) in [4.78, 5) is 2.56. The summed E-state index contributed by atoms with van der Waals surface area (Å²) >= 11 is 3.62. The largest absolute Gasteiger partial charge is 0.399 e. The Bertz CT molecular complexity index is 413. The third kappa shape index (κ3) is 2.89. The predicted octanol–water partition coefficient (Wildman–Crippen LogP) is 4.04. The Balaban J connectivity index is 2.05. The molecule has 0 saturated carbocycles. The third-order valence-electron chi connectivity index (χ3n) is 4.48. The molecule has 1 aliphatic rings. The van der Waals surface area contributed by atoms with Crippen LogP contribution in [-0.4, -0.2) is 18.0 Å². The first-order chi connectivity index (χ1) is 8.58. The Kier molecular flexibility index (Phi) is 4.33. The maximum atomic E-state index is 5.87. The number of nitrogen functional groups attached to an aromatic ring is 1. The maximum Gasteiger partial charge on any atom is 0.0318 e. The molecule has 18 heavy (non-hydrogen) atoms. The number of rotatable bonds is 4. The molecule has 1 fully saturated rings. The molecule has 0 radical (unpaired) electrons. The van der Waals surface area contributed by atoms with Crippen molar-refractivity contribution < 1.29 is 0 Å². The highest BCUT2D eigenvalue weighted by molar-refractivity contribution is 9.10. The summed E-state index contributed by atoms with van der Waals surface area (Å²) in [5.74, 6) is 0. The second-order valence-electron chi connectivity index (χ2n) is 5.52. The molecule has 0 aliphatic carbocycles. The second-order valence-corrected chi connectivity index (χ2v) is 6.37. The van der Waals surface area contributed by atoms with Gasteiger partial charge in [-0.25, -0.2) is 0 Å². The van der Waals surface area contributed by atoms with Crippen molar-refractivity contribution in [2.75, 3.05) is 18.8 Å². The molecular weight excluding hydrogens is 288 g/mol. The number of anilines is 1. The molecule has 1 aromatic rings. The van der Waals surface area contributed by atoms with Crippen LogP contribution in [0, 0.1) is 5.41 Å². The predicted molar refractivity (Wildman–Crippen MR) is 81.5 cm³/mol. The van der Waals surface area contributed by atoms with Gasteiger partial charge in [0.1, 0.15) is 0 Å². The monoisotopic (exact) mass is 310 g/mol. The Morgan fingerprint density at radius 3 is 2.67 bits per heavy atom. The fraction of sp³-hybridized carbons (Fsp3) is 0.600. The minimum Gasteiger partial charge on any atom is -0.399 e. The summed E-state index contributed by atoms with van der Waals surface area (Å²) in [6.07, 6.45) is 3.91. The highest BCUT2D eigenvalue weighted by Crippen LogP contribution is 2.38.